The second-order valence-corrected chi connectivity index (χ2v) is 5.84. The van der Waals surface area contributed by atoms with Crippen molar-refractivity contribution in [3.8, 4) is 11.5 Å². The van der Waals surface area contributed by atoms with Gasteiger partial charge in [0.25, 0.3) is 0 Å². The molecule has 2 atom stereocenters. The summed E-state index contributed by atoms with van der Waals surface area (Å²) in [6, 6.07) is 6.37. The summed E-state index contributed by atoms with van der Waals surface area (Å²) in [5.74, 6) is 2.42. The zero-order valence-corrected chi connectivity index (χ0v) is 12.7. The van der Waals surface area contributed by atoms with Gasteiger partial charge in [-0.15, -0.1) is 0 Å². The number of aromatic nitrogens is 3. The van der Waals surface area contributed by atoms with E-state index in [1.165, 1.54) is 18.4 Å². The van der Waals surface area contributed by atoms with Crippen molar-refractivity contribution in [2.24, 2.45) is 5.92 Å². The standard InChI is InChI=1S/C17H22N4/c1-3-6-13-11-19-17(15-7-4-5-10-18-15)21-16(13)20-14-9-8-12(14)2/h4-5,7,10-12,14H,3,6,8-9H2,1-2H3,(H,19,20,21). The molecule has 2 aromatic heterocycles. The van der Waals surface area contributed by atoms with Crippen LogP contribution < -0.4 is 5.32 Å². The number of pyridine rings is 1. The zero-order valence-electron chi connectivity index (χ0n) is 12.7. The third-order valence-corrected chi connectivity index (χ3v) is 4.22. The maximum Gasteiger partial charge on any atom is 0.180 e. The number of nitrogens with one attached hydrogen (secondary N) is 1. The fourth-order valence-electron chi connectivity index (χ4n) is 2.66. The highest BCUT2D eigenvalue weighted by Gasteiger charge is 2.27. The molecule has 0 aliphatic heterocycles. The van der Waals surface area contributed by atoms with E-state index in [0.717, 1.165) is 30.3 Å². The fourth-order valence-corrected chi connectivity index (χ4v) is 2.66. The molecule has 1 aliphatic rings. The van der Waals surface area contributed by atoms with E-state index in [4.69, 9.17) is 4.98 Å². The van der Waals surface area contributed by atoms with Crippen LogP contribution in [0.5, 0.6) is 0 Å². The number of aryl methyl sites for hydroxylation is 1. The summed E-state index contributed by atoms with van der Waals surface area (Å²) in [7, 11) is 0. The van der Waals surface area contributed by atoms with Crippen molar-refractivity contribution in [2.45, 2.75) is 45.6 Å². The predicted molar refractivity (Wildman–Crippen MR) is 85.1 cm³/mol. The van der Waals surface area contributed by atoms with Gasteiger partial charge in [0.1, 0.15) is 11.5 Å². The average molecular weight is 282 g/mol. The molecule has 4 heteroatoms. The molecule has 0 radical (unpaired) electrons. The Balaban J connectivity index is 1.90. The first-order chi connectivity index (χ1) is 10.3. The van der Waals surface area contributed by atoms with E-state index in [1.54, 1.807) is 6.20 Å². The highest BCUT2D eigenvalue weighted by molar-refractivity contribution is 5.55. The van der Waals surface area contributed by atoms with Gasteiger partial charge in [-0.3, -0.25) is 4.98 Å². The maximum atomic E-state index is 4.73. The van der Waals surface area contributed by atoms with Gasteiger partial charge in [-0.05, 0) is 37.3 Å². The number of hydrogen-bond donors (Lipinski definition) is 1. The molecular formula is C17H22N4. The number of rotatable bonds is 5. The SMILES string of the molecule is CCCc1cnc(-c2ccccn2)nc1NC1CCC1C. The van der Waals surface area contributed by atoms with Crippen molar-refractivity contribution >= 4 is 5.82 Å². The quantitative estimate of drug-likeness (QED) is 0.908. The van der Waals surface area contributed by atoms with Crippen LogP contribution in [-0.2, 0) is 6.42 Å². The van der Waals surface area contributed by atoms with Gasteiger partial charge in [-0.25, -0.2) is 9.97 Å². The minimum absolute atomic E-state index is 0.548. The third-order valence-electron chi connectivity index (χ3n) is 4.22. The van der Waals surface area contributed by atoms with Crippen molar-refractivity contribution in [1.82, 2.24) is 15.0 Å². The van der Waals surface area contributed by atoms with Crippen molar-refractivity contribution in [3.63, 3.8) is 0 Å². The van der Waals surface area contributed by atoms with E-state index in [9.17, 15) is 0 Å². The predicted octanol–water partition coefficient (Wildman–Crippen LogP) is 3.70. The molecule has 110 valence electrons. The van der Waals surface area contributed by atoms with Crippen molar-refractivity contribution in [3.05, 3.63) is 36.2 Å². The lowest BCUT2D eigenvalue weighted by Crippen LogP contribution is -2.37. The minimum Gasteiger partial charge on any atom is -0.367 e. The molecule has 2 aromatic rings. The molecule has 0 spiro atoms. The zero-order chi connectivity index (χ0) is 14.7. The highest BCUT2D eigenvalue weighted by Crippen LogP contribution is 2.30. The average Bonchev–Trinajstić information content (AvgIpc) is 2.53. The molecule has 1 fully saturated rings. The molecule has 3 rings (SSSR count). The van der Waals surface area contributed by atoms with E-state index in [2.05, 4.69) is 29.1 Å². The Morgan fingerprint density at radius 2 is 2.14 bits per heavy atom. The Kier molecular flexibility index (Phi) is 4.13. The van der Waals surface area contributed by atoms with Gasteiger partial charge in [0, 0.05) is 24.0 Å². The molecule has 4 nitrogen and oxygen atoms in total. The largest absolute Gasteiger partial charge is 0.367 e. The Bertz CT molecular complexity index is 597. The van der Waals surface area contributed by atoms with Crippen LogP contribution in [-0.4, -0.2) is 21.0 Å². The summed E-state index contributed by atoms with van der Waals surface area (Å²) in [5.41, 5.74) is 2.03. The molecule has 1 saturated carbocycles. The van der Waals surface area contributed by atoms with Crippen molar-refractivity contribution < 1.29 is 0 Å². The van der Waals surface area contributed by atoms with Gasteiger partial charge in [0.2, 0.25) is 0 Å². The molecule has 0 aromatic carbocycles. The van der Waals surface area contributed by atoms with Crippen LogP contribution >= 0.6 is 0 Å². The smallest absolute Gasteiger partial charge is 0.180 e. The normalized spacial score (nSPS) is 20.9. The lowest BCUT2D eigenvalue weighted by Gasteiger charge is -2.35. The first kappa shape index (κ1) is 14.0. The van der Waals surface area contributed by atoms with Crippen LogP contribution in [0.15, 0.2) is 30.6 Å². The first-order valence-corrected chi connectivity index (χ1v) is 7.81. The van der Waals surface area contributed by atoms with E-state index in [1.807, 2.05) is 24.4 Å². The van der Waals surface area contributed by atoms with Gasteiger partial charge in [0.05, 0.1) is 0 Å². The van der Waals surface area contributed by atoms with E-state index < -0.39 is 0 Å². The van der Waals surface area contributed by atoms with Crippen LogP contribution in [0, 0.1) is 5.92 Å². The van der Waals surface area contributed by atoms with Crippen LogP contribution in [0.25, 0.3) is 11.5 Å². The van der Waals surface area contributed by atoms with E-state index >= 15 is 0 Å². The Morgan fingerprint density at radius 1 is 1.24 bits per heavy atom. The molecule has 21 heavy (non-hydrogen) atoms. The minimum atomic E-state index is 0.548. The molecule has 1 aliphatic carbocycles. The number of hydrogen-bond acceptors (Lipinski definition) is 4. The first-order valence-electron chi connectivity index (χ1n) is 7.81. The summed E-state index contributed by atoms with van der Waals surface area (Å²) < 4.78 is 0. The van der Waals surface area contributed by atoms with Crippen LogP contribution in [0.1, 0.15) is 38.7 Å². The van der Waals surface area contributed by atoms with Gasteiger partial charge in [-0.1, -0.05) is 26.3 Å². The summed E-state index contributed by atoms with van der Waals surface area (Å²) in [6.07, 6.45) is 8.37. The summed E-state index contributed by atoms with van der Waals surface area (Å²) in [6.45, 7) is 4.48. The summed E-state index contributed by atoms with van der Waals surface area (Å²) in [4.78, 5) is 13.6. The fraction of sp³-hybridized carbons (Fsp3) is 0.471. The third kappa shape index (κ3) is 3.04. The highest BCUT2D eigenvalue weighted by atomic mass is 15.1. The van der Waals surface area contributed by atoms with Crippen LogP contribution in [0.3, 0.4) is 0 Å². The number of nitrogens with zero attached hydrogens (tertiary/aromatic N) is 3. The van der Waals surface area contributed by atoms with Crippen LogP contribution in [0.4, 0.5) is 5.82 Å². The van der Waals surface area contributed by atoms with Crippen molar-refractivity contribution in [2.75, 3.05) is 5.32 Å². The second kappa shape index (κ2) is 6.20. The summed E-state index contributed by atoms with van der Waals surface area (Å²) >= 11 is 0. The molecule has 0 bridgehead atoms. The lowest BCUT2D eigenvalue weighted by molar-refractivity contribution is 0.303. The van der Waals surface area contributed by atoms with Gasteiger partial charge < -0.3 is 5.32 Å². The molecule has 1 N–H and O–H groups in total. The van der Waals surface area contributed by atoms with E-state index in [0.29, 0.717) is 11.9 Å². The monoisotopic (exact) mass is 282 g/mol. The Labute approximate surface area is 126 Å². The van der Waals surface area contributed by atoms with Crippen LogP contribution in [0.2, 0.25) is 0 Å². The van der Waals surface area contributed by atoms with Gasteiger partial charge in [0.15, 0.2) is 5.82 Å². The van der Waals surface area contributed by atoms with Gasteiger partial charge >= 0.3 is 0 Å². The van der Waals surface area contributed by atoms with Crippen molar-refractivity contribution in [1.29, 1.82) is 0 Å². The van der Waals surface area contributed by atoms with Gasteiger partial charge in [-0.2, -0.15) is 0 Å². The lowest BCUT2D eigenvalue weighted by atomic mass is 9.81. The molecular weight excluding hydrogens is 260 g/mol. The Hall–Kier alpha value is -1.97. The molecule has 0 amide bonds. The number of anilines is 1. The molecule has 2 unspecified atom stereocenters. The van der Waals surface area contributed by atoms with E-state index in [-0.39, 0.29) is 0 Å². The second-order valence-electron chi connectivity index (χ2n) is 5.84. The Morgan fingerprint density at radius 3 is 2.76 bits per heavy atom. The molecule has 2 heterocycles. The summed E-state index contributed by atoms with van der Waals surface area (Å²) in [5, 5.41) is 3.61. The molecule has 0 saturated heterocycles. The topological polar surface area (TPSA) is 50.7 Å². The maximum absolute atomic E-state index is 4.73.